The lowest BCUT2D eigenvalue weighted by Crippen LogP contribution is -2.23. The molecule has 7 heteroatoms. The van der Waals surface area contributed by atoms with Gasteiger partial charge in [-0.3, -0.25) is 4.79 Å². The molecule has 5 N–H and O–H groups in total. The number of hydrogen-bond acceptors (Lipinski definition) is 6. The van der Waals surface area contributed by atoms with E-state index in [0.29, 0.717) is 23.0 Å². The summed E-state index contributed by atoms with van der Waals surface area (Å²) in [5.41, 5.74) is 8.91. The second-order valence-corrected chi connectivity index (χ2v) is 7.92. The van der Waals surface area contributed by atoms with E-state index in [0.717, 1.165) is 47.4 Å². The van der Waals surface area contributed by atoms with Crippen LogP contribution in [0.1, 0.15) is 16.8 Å². The topological polar surface area (TPSA) is 113 Å². The zero-order valence-electron chi connectivity index (χ0n) is 17.4. The third-order valence-electron chi connectivity index (χ3n) is 5.74. The van der Waals surface area contributed by atoms with Crippen molar-refractivity contribution >= 4 is 22.6 Å². The number of aromatic nitrogens is 2. The molecule has 3 aromatic carbocycles. The molecule has 0 radical (unpaired) electrons. The molecule has 0 aliphatic carbocycles. The first-order valence-corrected chi connectivity index (χ1v) is 10.6. The summed E-state index contributed by atoms with van der Waals surface area (Å²) in [5.74, 6) is 0.844. The highest BCUT2D eigenvalue weighted by Crippen LogP contribution is 2.34. The van der Waals surface area contributed by atoms with Crippen molar-refractivity contribution in [3.8, 4) is 28.3 Å². The van der Waals surface area contributed by atoms with Crippen molar-refractivity contribution < 1.29 is 9.90 Å². The summed E-state index contributed by atoms with van der Waals surface area (Å²) in [4.78, 5) is 20.9. The van der Waals surface area contributed by atoms with Crippen LogP contribution in [0.2, 0.25) is 0 Å². The Balaban J connectivity index is 1.58. The highest BCUT2D eigenvalue weighted by atomic mass is 16.3. The molecule has 0 spiro atoms. The fourth-order valence-corrected chi connectivity index (χ4v) is 4.00. The summed E-state index contributed by atoms with van der Waals surface area (Å²) < 4.78 is 0. The second kappa shape index (κ2) is 8.28. The summed E-state index contributed by atoms with van der Waals surface area (Å²) in [7, 11) is 0. The van der Waals surface area contributed by atoms with Crippen LogP contribution in [0.4, 0.5) is 5.82 Å². The monoisotopic (exact) mass is 425 g/mol. The normalized spacial score (nSPS) is 15.7. The number of fused-ring (bicyclic) bond motifs is 1. The van der Waals surface area contributed by atoms with Gasteiger partial charge in [-0.1, -0.05) is 30.3 Å². The maximum Gasteiger partial charge on any atom is 0.248 e. The van der Waals surface area contributed by atoms with E-state index in [2.05, 4.69) is 10.6 Å². The van der Waals surface area contributed by atoms with Crippen LogP contribution in [-0.4, -0.2) is 40.1 Å². The van der Waals surface area contributed by atoms with Gasteiger partial charge in [-0.25, -0.2) is 9.97 Å². The third kappa shape index (κ3) is 3.86. The highest BCUT2D eigenvalue weighted by molar-refractivity contribution is 5.93. The van der Waals surface area contributed by atoms with Gasteiger partial charge in [0.25, 0.3) is 0 Å². The maximum absolute atomic E-state index is 11.4. The third-order valence-corrected chi connectivity index (χ3v) is 5.74. The van der Waals surface area contributed by atoms with Gasteiger partial charge in [-0.05, 0) is 60.5 Å². The zero-order chi connectivity index (χ0) is 22.1. The summed E-state index contributed by atoms with van der Waals surface area (Å²) in [5, 5.41) is 18.5. The molecule has 2 heterocycles. The average Bonchev–Trinajstić information content (AvgIpc) is 3.32. The van der Waals surface area contributed by atoms with Gasteiger partial charge in [-0.15, -0.1) is 0 Å². The Kier molecular flexibility index (Phi) is 5.17. The van der Waals surface area contributed by atoms with Crippen LogP contribution in [0.15, 0.2) is 66.7 Å². The number of phenols is 1. The SMILES string of the molecule is NC(=O)c1ccc(-c2ccc(O)c(-c3nc(N[C@H]4CCNC4)c4ccccc4n3)c2)cc1. The van der Waals surface area contributed by atoms with Gasteiger partial charge in [0.15, 0.2) is 5.82 Å². The van der Waals surface area contributed by atoms with E-state index in [1.54, 1.807) is 18.2 Å². The Morgan fingerprint density at radius 2 is 1.81 bits per heavy atom. The molecule has 0 saturated carbocycles. The van der Waals surface area contributed by atoms with Gasteiger partial charge in [0, 0.05) is 23.5 Å². The number of para-hydroxylation sites is 1. The van der Waals surface area contributed by atoms with Crippen molar-refractivity contribution in [1.29, 1.82) is 0 Å². The number of hydrogen-bond donors (Lipinski definition) is 4. The maximum atomic E-state index is 11.4. The van der Waals surface area contributed by atoms with Crippen LogP contribution < -0.4 is 16.4 Å². The standard InChI is InChI=1S/C25H23N5O2/c26-23(32)16-7-5-15(6-8-16)17-9-10-22(31)20(13-17)25-29-21-4-2-1-3-19(21)24(30-25)28-18-11-12-27-14-18/h1-10,13,18,27,31H,11-12,14H2,(H2,26,32)(H,28,29,30)/t18-/m0/s1. The number of carbonyl (C=O) groups is 1. The summed E-state index contributed by atoms with van der Waals surface area (Å²) >= 11 is 0. The van der Waals surface area contributed by atoms with E-state index >= 15 is 0 Å². The summed E-state index contributed by atoms with van der Waals surface area (Å²) in [6.07, 6.45) is 1.02. The molecule has 1 fully saturated rings. The van der Waals surface area contributed by atoms with Gasteiger partial charge < -0.3 is 21.5 Å². The molecule has 160 valence electrons. The van der Waals surface area contributed by atoms with E-state index < -0.39 is 5.91 Å². The summed E-state index contributed by atoms with van der Waals surface area (Å²) in [6, 6.07) is 20.5. The van der Waals surface area contributed by atoms with Crippen molar-refractivity contribution in [3.63, 3.8) is 0 Å². The number of nitrogens with zero attached hydrogens (tertiary/aromatic N) is 2. The molecule has 0 unspecified atom stereocenters. The number of carbonyl (C=O) groups excluding carboxylic acids is 1. The molecule has 1 saturated heterocycles. The fraction of sp³-hybridized carbons (Fsp3) is 0.160. The van der Waals surface area contributed by atoms with Gasteiger partial charge in [-0.2, -0.15) is 0 Å². The first kappa shape index (κ1) is 20.0. The molecule has 1 amide bonds. The molecule has 1 aliphatic heterocycles. The quantitative estimate of drug-likeness (QED) is 0.389. The molecule has 1 aliphatic rings. The molecule has 7 nitrogen and oxygen atoms in total. The first-order valence-electron chi connectivity index (χ1n) is 10.6. The van der Waals surface area contributed by atoms with E-state index in [9.17, 15) is 9.90 Å². The minimum absolute atomic E-state index is 0.103. The number of phenolic OH excluding ortho intramolecular Hbond substituents is 1. The number of nitrogens with two attached hydrogens (primary N) is 1. The van der Waals surface area contributed by atoms with Crippen LogP contribution in [0.25, 0.3) is 33.4 Å². The molecule has 5 rings (SSSR count). The molecule has 1 aromatic heterocycles. The second-order valence-electron chi connectivity index (χ2n) is 7.92. The van der Waals surface area contributed by atoms with Crippen LogP contribution in [0.3, 0.4) is 0 Å². The van der Waals surface area contributed by atoms with Gasteiger partial charge in [0.2, 0.25) is 5.91 Å². The molecule has 0 bridgehead atoms. The number of amides is 1. The van der Waals surface area contributed by atoms with Gasteiger partial charge in [0.05, 0.1) is 11.1 Å². The molecule has 32 heavy (non-hydrogen) atoms. The van der Waals surface area contributed by atoms with E-state index in [4.69, 9.17) is 15.7 Å². The number of rotatable bonds is 5. The predicted octanol–water partition coefficient (Wildman–Crippen LogP) is 3.54. The van der Waals surface area contributed by atoms with E-state index in [1.165, 1.54) is 0 Å². The van der Waals surface area contributed by atoms with Gasteiger partial charge in [0.1, 0.15) is 11.6 Å². The van der Waals surface area contributed by atoms with Gasteiger partial charge >= 0.3 is 0 Å². The predicted molar refractivity (Wildman–Crippen MR) is 125 cm³/mol. The Hall–Kier alpha value is -3.97. The van der Waals surface area contributed by atoms with E-state index in [-0.39, 0.29) is 5.75 Å². The Labute approximate surface area is 185 Å². The molecule has 1 atom stereocenters. The minimum atomic E-state index is -0.468. The number of benzene rings is 3. The van der Waals surface area contributed by atoms with Crippen LogP contribution in [-0.2, 0) is 0 Å². The lowest BCUT2D eigenvalue weighted by molar-refractivity contribution is 0.100. The van der Waals surface area contributed by atoms with E-state index in [1.807, 2.05) is 48.5 Å². The smallest absolute Gasteiger partial charge is 0.248 e. The number of anilines is 1. The molecular formula is C25H23N5O2. The average molecular weight is 425 g/mol. The van der Waals surface area contributed by atoms with Crippen LogP contribution >= 0.6 is 0 Å². The minimum Gasteiger partial charge on any atom is -0.507 e. The number of nitrogens with one attached hydrogen (secondary N) is 2. The zero-order valence-corrected chi connectivity index (χ0v) is 17.4. The number of aromatic hydroxyl groups is 1. The van der Waals surface area contributed by atoms with Crippen molar-refractivity contribution in [2.24, 2.45) is 5.73 Å². The Morgan fingerprint density at radius 1 is 1.03 bits per heavy atom. The Morgan fingerprint density at radius 3 is 2.56 bits per heavy atom. The molecular weight excluding hydrogens is 402 g/mol. The van der Waals surface area contributed by atoms with Crippen LogP contribution in [0, 0.1) is 0 Å². The number of primary amides is 1. The van der Waals surface area contributed by atoms with Crippen molar-refractivity contribution in [3.05, 3.63) is 72.3 Å². The molecule has 4 aromatic rings. The fourth-order valence-electron chi connectivity index (χ4n) is 4.00. The highest BCUT2D eigenvalue weighted by Gasteiger charge is 2.18. The van der Waals surface area contributed by atoms with Crippen molar-refractivity contribution in [1.82, 2.24) is 15.3 Å². The van der Waals surface area contributed by atoms with Crippen LogP contribution in [0.5, 0.6) is 5.75 Å². The first-order chi connectivity index (χ1) is 15.6. The van der Waals surface area contributed by atoms with Crippen molar-refractivity contribution in [2.45, 2.75) is 12.5 Å². The van der Waals surface area contributed by atoms with Crippen molar-refractivity contribution in [2.75, 3.05) is 18.4 Å². The summed E-state index contributed by atoms with van der Waals surface area (Å²) in [6.45, 7) is 1.86. The lowest BCUT2D eigenvalue weighted by atomic mass is 10.0. The lowest BCUT2D eigenvalue weighted by Gasteiger charge is -2.16. The largest absolute Gasteiger partial charge is 0.507 e. The Bertz CT molecular complexity index is 1300.